The molecule has 4 bridgehead atoms. The molecule has 2 unspecified atom stereocenters. The van der Waals surface area contributed by atoms with E-state index in [9.17, 15) is 8.78 Å². The third-order valence-electron chi connectivity index (χ3n) is 4.48. The number of nitrogens with two attached hydrogens (primary N) is 1. The van der Waals surface area contributed by atoms with Gasteiger partial charge in [-0.2, -0.15) is 0 Å². The number of halogens is 3. The van der Waals surface area contributed by atoms with Gasteiger partial charge < -0.3 is 5.73 Å². The molecule has 0 aromatic heterocycles. The van der Waals surface area contributed by atoms with E-state index in [1.54, 1.807) is 0 Å². The van der Waals surface area contributed by atoms with Crippen molar-refractivity contribution in [1.29, 1.82) is 0 Å². The molecule has 0 aromatic rings. The Hall–Kier alpha value is 0.110. The van der Waals surface area contributed by atoms with E-state index in [2.05, 4.69) is 0 Å². The summed E-state index contributed by atoms with van der Waals surface area (Å²) in [6.07, 6.45) is 3.29. The Morgan fingerprint density at radius 1 is 1.00 bits per heavy atom. The first kappa shape index (κ1) is 11.6. The van der Waals surface area contributed by atoms with Crippen molar-refractivity contribution >= 4 is 12.4 Å². The SMILES string of the molecule is Cl.NCC12CC3CC(F)(CC(F)(C3)C1)C2. The van der Waals surface area contributed by atoms with Crippen molar-refractivity contribution in [3.8, 4) is 0 Å². The Balaban J connectivity index is 0.000000853. The summed E-state index contributed by atoms with van der Waals surface area (Å²) >= 11 is 0. The molecule has 4 saturated carbocycles. The second-order valence-corrected chi connectivity index (χ2v) is 6.01. The quantitative estimate of drug-likeness (QED) is 0.746. The number of hydrogen-bond donors (Lipinski definition) is 1. The summed E-state index contributed by atoms with van der Waals surface area (Å²) in [6, 6.07) is 0. The predicted octanol–water partition coefficient (Wildman–Crippen LogP) is 2.77. The molecular formula is C11H18ClF2N. The highest BCUT2D eigenvalue weighted by Gasteiger charge is 2.64. The average molecular weight is 238 g/mol. The summed E-state index contributed by atoms with van der Waals surface area (Å²) in [4.78, 5) is 0. The highest BCUT2D eigenvalue weighted by Crippen LogP contribution is 2.65. The van der Waals surface area contributed by atoms with Crippen molar-refractivity contribution in [1.82, 2.24) is 0 Å². The van der Waals surface area contributed by atoms with E-state index in [0.717, 1.165) is 6.42 Å². The monoisotopic (exact) mass is 237 g/mol. The molecule has 0 amide bonds. The minimum Gasteiger partial charge on any atom is -0.330 e. The van der Waals surface area contributed by atoms with Gasteiger partial charge in [-0.1, -0.05) is 0 Å². The Bertz CT molecular complexity index is 266. The van der Waals surface area contributed by atoms with E-state index in [-0.39, 0.29) is 30.2 Å². The lowest BCUT2D eigenvalue weighted by Crippen LogP contribution is -2.61. The second-order valence-electron chi connectivity index (χ2n) is 6.01. The maximum Gasteiger partial charge on any atom is 0.115 e. The molecule has 0 spiro atoms. The van der Waals surface area contributed by atoms with Crippen LogP contribution in [0.2, 0.25) is 0 Å². The lowest BCUT2D eigenvalue weighted by Gasteiger charge is -2.61. The van der Waals surface area contributed by atoms with E-state index in [0.29, 0.717) is 32.2 Å². The summed E-state index contributed by atoms with van der Waals surface area (Å²) in [5.74, 6) is 0.254. The topological polar surface area (TPSA) is 26.0 Å². The summed E-state index contributed by atoms with van der Waals surface area (Å²) in [5, 5.41) is 0. The number of hydrogen-bond acceptors (Lipinski definition) is 1. The summed E-state index contributed by atoms with van der Waals surface area (Å²) in [5.41, 5.74) is 3.05. The highest BCUT2D eigenvalue weighted by molar-refractivity contribution is 5.85. The zero-order valence-corrected chi connectivity index (χ0v) is 9.59. The minimum absolute atomic E-state index is 0. The summed E-state index contributed by atoms with van der Waals surface area (Å²) in [7, 11) is 0. The van der Waals surface area contributed by atoms with Crippen molar-refractivity contribution < 1.29 is 8.78 Å². The van der Waals surface area contributed by atoms with Gasteiger partial charge in [0, 0.05) is 6.42 Å². The zero-order chi connectivity index (χ0) is 10.0. The zero-order valence-electron chi connectivity index (χ0n) is 8.77. The van der Waals surface area contributed by atoms with Crippen LogP contribution in [0.1, 0.15) is 38.5 Å². The highest BCUT2D eigenvalue weighted by atomic mass is 35.5. The molecule has 15 heavy (non-hydrogen) atoms. The third kappa shape index (κ3) is 1.59. The van der Waals surface area contributed by atoms with Crippen LogP contribution in [-0.2, 0) is 0 Å². The Morgan fingerprint density at radius 2 is 1.53 bits per heavy atom. The second kappa shape index (κ2) is 3.07. The molecule has 2 N–H and O–H groups in total. The minimum atomic E-state index is -1.23. The van der Waals surface area contributed by atoms with Gasteiger partial charge in [0.15, 0.2) is 0 Å². The summed E-state index contributed by atoms with van der Waals surface area (Å²) < 4.78 is 28.5. The molecule has 0 radical (unpaired) electrons. The van der Waals surface area contributed by atoms with Gasteiger partial charge in [-0.25, -0.2) is 8.78 Å². The van der Waals surface area contributed by atoms with Crippen molar-refractivity contribution in [2.24, 2.45) is 17.1 Å². The molecule has 1 nitrogen and oxygen atoms in total. The molecule has 4 fully saturated rings. The van der Waals surface area contributed by atoms with Crippen molar-refractivity contribution in [2.75, 3.05) is 6.54 Å². The fraction of sp³-hybridized carbons (Fsp3) is 1.00. The predicted molar refractivity (Wildman–Crippen MR) is 57.6 cm³/mol. The molecule has 0 aromatic carbocycles. The van der Waals surface area contributed by atoms with Crippen molar-refractivity contribution in [3.05, 3.63) is 0 Å². The molecule has 0 saturated heterocycles. The standard InChI is InChI=1S/C11H17F2N.ClH/c12-10-2-8-1-9(4-10,7-14)5-11(13,3-8)6-10;/h8H,1-7,14H2;1H. The molecule has 4 heteroatoms. The first-order chi connectivity index (χ1) is 6.47. The summed E-state index contributed by atoms with van der Waals surface area (Å²) in [6.45, 7) is 0.459. The fourth-order valence-corrected chi connectivity index (χ4v) is 4.62. The first-order valence-electron chi connectivity index (χ1n) is 5.55. The van der Waals surface area contributed by atoms with Crippen LogP contribution in [0.3, 0.4) is 0 Å². The first-order valence-corrected chi connectivity index (χ1v) is 5.55. The van der Waals surface area contributed by atoms with Gasteiger partial charge in [-0.05, 0) is 50.0 Å². The molecule has 4 rings (SSSR count). The van der Waals surface area contributed by atoms with Gasteiger partial charge in [-0.15, -0.1) is 12.4 Å². The maximum atomic E-state index is 14.3. The van der Waals surface area contributed by atoms with Gasteiger partial charge in [0.1, 0.15) is 11.3 Å². The lowest BCUT2D eigenvalue weighted by molar-refractivity contribution is -0.171. The lowest BCUT2D eigenvalue weighted by atomic mass is 9.47. The van der Waals surface area contributed by atoms with Gasteiger partial charge in [0.25, 0.3) is 0 Å². The van der Waals surface area contributed by atoms with Crippen LogP contribution in [0.25, 0.3) is 0 Å². The largest absolute Gasteiger partial charge is 0.330 e. The smallest absolute Gasteiger partial charge is 0.115 e. The molecule has 88 valence electrons. The molecule has 2 atom stereocenters. The molecule has 0 heterocycles. The average Bonchev–Trinajstić information content (AvgIpc) is 1.97. The molecule has 4 aliphatic rings. The number of alkyl halides is 2. The van der Waals surface area contributed by atoms with Crippen LogP contribution >= 0.6 is 12.4 Å². The van der Waals surface area contributed by atoms with Crippen LogP contribution < -0.4 is 5.73 Å². The van der Waals surface area contributed by atoms with Crippen LogP contribution in [-0.4, -0.2) is 17.9 Å². The van der Waals surface area contributed by atoms with E-state index < -0.39 is 11.3 Å². The van der Waals surface area contributed by atoms with Crippen LogP contribution in [0, 0.1) is 11.3 Å². The molecular weight excluding hydrogens is 220 g/mol. The maximum absolute atomic E-state index is 14.3. The van der Waals surface area contributed by atoms with Crippen LogP contribution in [0.15, 0.2) is 0 Å². The fourth-order valence-electron chi connectivity index (χ4n) is 4.62. The van der Waals surface area contributed by atoms with Crippen LogP contribution in [0.4, 0.5) is 8.78 Å². The molecule has 0 aliphatic heterocycles. The van der Waals surface area contributed by atoms with Gasteiger partial charge in [0.2, 0.25) is 0 Å². The van der Waals surface area contributed by atoms with Gasteiger partial charge >= 0.3 is 0 Å². The van der Waals surface area contributed by atoms with E-state index in [1.165, 1.54) is 0 Å². The van der Waals surface area contributed by atoms with Crippen molar-refractivity contribution in [3.63, 3.8) is 0 Å². The van der Waals surface area contributed by atoms with Crippen LogP contribution in [0.5, 0.6) is 0 Å². The van der Waals surface area contributed by atoms with Gasteiger partial charge in [0.05, 0.1) is 0 Å². The Labute approximate surface area is 95.2 Å². The van der Waals surface area contributed by atoms with Gasteiger partial charge in [-0.3, -0.25) is 0 Å². The van der Waals surface area contributed by atoms with E-state index in [4.69, 9.17) is 5.73 Å². The normalized spacial score (nSPS) is 56.6. The van der Waals surface area contributed by atoms with E-state index >= 15 is 0 Å². The van der Waals surface area contributed by atoms with E-state index in [1.807, 2.05) is 0 Å². The molecule has 4 aliphatic carbocycles. The van der Waals surface area contributed by atoms with Crippen molar-refractivity contribution in [2.45, 2.75) is 49.9 Å². The Kier molecular flexibility index (Phi) is 2.37. The third-order valence-corrected chi connectivity index (χ3v) is 4.48. The Morgan fingerprint density at radius 3 is 1.93 bits per heavy atom. The number of rotatable bonds is 1.